The van der Waals surface area contributed by atoms with Crippen LogP contribution in [0.4, 0.5) is 13.2 Å². The van der Waals surface area contributed by atoms with E-state index in [0.717, 1.165) is 25.1 Å². The van der Waals surface area contributed by atoms with Gasteiger partial charge in [0.1, 0.15) is 5.75 Å². The van der Waals surface area contributed by atoms with E-state index in [4.69, 9.17) is 4.74 Å². The Morgan fingerprint density at radius 1 is 1.16 bits per heavy atom. The average molecular weight is 358 g/mol. The lowest BCUT2D eigenvalue weighted by atomic mass is 10.1. The molecule has 0 radical (unpaired) electrons. The summed E-state index contributed by atoms with van der Waals surface area (Å²) in [6.45, 7) is 4.66. The summed E-state index contributed by atoms with van der Waals surface area (Å²) >= 11 is 0. The number of halogens is 3. The van der Waals surface area contributed by atoms with Gasteiger partial charge in [-0.25, -0.2) is 0 Å². The quantitative estimate of drug-likeness (QED) is 0.828. The number of hydrogen-bond acceptors (Lipinski definition) is 4. The van der Waals surface area contributed by atoms with E-state index in [9.17, 15) is 18.0 Å². The molecule has 1 aromatic rings. The molecule has 0 spiro atoms. The lowest BCUT2D eigenvalue weighted by molar-refractivity contribution is -0.274. The standard InChI is InChI=1S/C17H21F3N2O3/c18-17(19,20)25-15-3-1-13(2-4-15)11-21-6-8-22(9-7-21)16(23)14-5-10-24-12-14/h1-4,14H,5-12H2. The van der Waals surface area contributed by atoms with Crippen molar-refractivity contribution in [2.75, 3.05) is 39.4 Å². The van der Waals surface area contributed by atoms with Gasteiger partial charge in [0.15, 0.2) is 0 Å². The van der Waals surface area contributed by atoms with Gasteiger partial charge in [-0.05, 0) is 24.1 Å². The maximum atomic E-state index is 12.3. The van der Waals surface area contributed by atoms with Crippen molar-refractivity contribution in [2.45, 2.75) is 19.3 Å². The molecule has 2 aliphatic heterocycles. The second kappa shape index (κ2) is 7.61. The largest absolute Gasteiger partial charge is 0.573 e. The highest BCUT2D eigenvalue weighted by molar-refractivity contribution is 5.79. The van der Waals surface area contributed by atoms with Crippen molar-refractivity contribution in [3.8, 4) is 5.75 Å². The average Bonchev–Trinajstić information content (AvgIpc) is 3.10. The number of amides is 1. The number of carbonyl (C=O) groups excluding carboxylic acids is 1. The van der Waals surface area contributed by atoms with Crippen molar-refractivity contribution in [3.63, 3.8) is 0 Å². The summed E-state index contributed by atoms with van der Waals surface area (Å²) in [4.78, 5) is 16.4. The summed E-state index contributed by atoms with van der Waals surface area (Å²) in [5.41, 5.74) is 0.915. The third kappa shape index (κ3) is 5.09. The zero-order valence-corrected chi connectivity index (χ0v) is 13.8. The molecule has 1 amide bonds. The summed E-state index contributed by atoms with van der Waals surface area (Å²) in [6, 6.07) is 5.91. The summed E-state index contributed by atoms with van der Waals surface area (Å²) in [7, 11) is 0. The minimum atomic E-state index is -4.67. The van der Waals surface area contributed by atoms with Crippen molar-refractivity contribution in [2.24, 2.45) is 5.92 Å². The van der Waals surface area contributed by atoms with Crippen molar-refractivity contribution in [3.05, 3.63) is 29.8 Å². The molecule has 2 heterocycles. The molecule has 5 nitrogen and oxygen atoms in total. The molecule has 2 saturated heterocycles. The van der Waals surface area contributed by atoms with Crippen LogP contribution in [0.5, 0.6) is 5.75 Å². The number of benzene rings is 1. The lowest BCUT2D eigenvalue weighted by Gasteiger charge is -2.35. The Labute approximate surface area is 144 Å². The number of alkyl halides is 3. The Kier molecular flexibility index (Phi) is 5.48. The third-order valence-electron chi connectivity index (χ3n) is 4.53. The Bertz CT molecular complexity index is 578. The fourth-order valence-corrected chi connectivity index (χ4v) is 3.17. The first-order chi connectivity index (χ1) is 11.9. The zero-order valence-electron chi connectivity index (χ0n) is 13.8. The SMILES string of the molecule is O=C(C1CCOC1)N1CCN(Cc2ccc(OC(F)(F)F)cc2)CC1. The Morgan fingerprint density at radius 2 is 1.84 bits per heavy atom. The number of ether oxygens (including phenoxy) is 2. The number of rotatable bonds is 4. The van der Waals surface area contributed by atoms with Gasteiger partial charge in [0.25, 0.3) is 0 Å². The fraction of sp³-hybridized carbons (Fsp3) is 0.588. The Morgan fingerprint density at radius 3 is 2.40 bits per heavy atom. The molecule has 0 aliphatic carbocycles. The highest BCUT2D eigenvalue weighted by Gasteiger charge is 2.31. The molecule has 2 fully saturated rings. The van der Waals surface area contributed by atoms with Crippen LogP contribution in [0.2, 0.25) is 0 Å². The summed E-state index contributed by atoms with van der Waals surface area (Å²) in [6.07, 6.45) is -3.87. The van der Waals surface area contributed by atoms with Gasteiger partial charge in [-0.15, -0.1) is 13.2 Å². The minimum Gasteiger partial charge on any atom is -0.406 e. The van der Waals surface area contributed by atoms with Crippen LogP contribution in [-0.2, 0) is 16.1 Å². The van der Waals surface area contributed by atoms with Crippen LogP contribution in [-0.4, -0.2) is 61.5 Å². The molecule has 1 unspecified atom stereocenters. The molecule has 0 aromatic heterocycles. The van der Waals surface area contributed by atoms with E-state index in [1.54, 1.807) is 12.1 Å². The summed E-state index contributed by atoms with van der Waals surface area (Å²) in [5.74, 6) is -0.0519. The molecular weight excluding hydrogens is 337 g/mol. The van der Waals surface area contributed by atoms with Gasteiger partial charge in [0.05, 0.1) is 12.5 Å². The van der Waals surface area contributed by atoms with Gasteiger partial charge >= 0.3 is 6.36 Å². The van der Waals surface area contributed by atoms with Crippen LogP contribution in [0.3, 0.4) is 0 Å². The predicted molar refractivity (Wildman–Crippen MR) is 83.9 cm³/mol. The molecule has 1 aromatic carbocycles. The van der Waals surface area contributed by atoms with Gasteiger partial charge in [-0.1, -0.05) is 12.1 Å². The first-order valence-electron chi connectivity index (χ1n) is 8.34. The highest BCUT2D eigenvalue weighted by atomic mass is 19.4. The smallest absolute Gasteiger partial charge is 0.406 e. The first-order valence-corrected chi connectivity index (χ1v) is 8.34. The lowest BCUT2D eigenvalue weighted by Crippen LogP contribution is -2.50. The van der Waals surface area contributed by atoms with Gasteiger partial charge in [0.2, 0.25) is 5.91 Å². The van der Waals surface area contributed by atoms with Crippen LogP contribution < -0.4 is 4.74 Å². The van der Waals surface area contributed by atoms with Gasteiger partial charge in [0, 0.05) is 39.3 Å². The fourth-order valence-electron chi connectivity index (χ4n) is 3.17. The first kappa shape index (κ1) is 18.0. The van der Waals surface area contributed by atoms with E-state index in [1.165, 1.54) is 12.1 Å². The molecule has 8 heteroatoms. The van der Waals surface area contributed by atoms with Crippen LogP contribution in [0.25, 0.3) is 0 Å². The van der Waals surface area contributed by atoms with Crippen LogP contribution in [0, 0.1) is 5.92 Å². The zero-order chi connectivity index (χ0) is 17.9. The van der Waals surface area contributed by atoms with Crippen LogP contribution in [0.15, 0.2) is 24.3 Å². The molecule has 0 N–H and O–H groups in total. The second-order valence-corrected chi connectivity index (χ2v) is 6.35. The maximum absolute atomic E-state index is 12.3. The minimum absolute atomic E-state index is 0.00673. The topological polar surface area (TPSA) is 42.0 Å². The van der Waals surface area contributed by atoms with Crippen molar-refractivity contribution >= 4 is 5.91 Å². The monoisotopic (exact) mass is 358 g/mol. The molecular formula is C17H21F3N2O3. The summed E-state index contributed by atoms with van der Waals surface area (Å²) in [5, 5.41) is 0. The van der Waals surface area contributed by atoms with E-state index in [-0.39, 0.29) is 17.6 Å². The molecule has 0 saturated carbocycles. The maximum Gasteiger partial charge on any atom is 0.573 e. The Balaban J connectivity index is 1.46. The highest BCUT2D eigenvalue weighted by Crippen LogP contribution is 2.23. The van der Waals surface area contributed by atoms with Crippen LogP contribution >= 0.6 is 0 Å². The van der Waals surface area contributed by atoms with Crippen LogP contribution in [0.1, 0.15) is 12.0 Å². The molecule has 1 atom stereocenters. The van der Waals surface area contributed by atoms with Crippen molar-refractivity contribution < 1.29 is 27.4 Å². The van der Waals surface area contributed by atoms with E-state index >= 15 is 0 Å². The third-order valence-corrected chi connectivity index (χ3v) is 4.53. The number of piperazine rings is 1. The predicted octanol–water partition coefficient (Wildman–Crippen LogP) is 2.27. The summed E-state index contributed by atoms with van der Waals surface area (Å²) < 4.78 is 45.6. The Hall–Kier alpha value is -1.80. The van der Waals surface area contributed by atoms with Gasteiger partial charge in [-0.2, -0.15) is 0 Å². The van der Waals surface area contributed by atoms with Gasteiger partial charge < -0.3 is 14.4 Å². The normalized spacial score (nSPS) is 22.2. The number of carbonyl (C=O) groups is 1. The number of nitrogens with zero attached hydrogens (tertiary/aromatic N) is 2. The molecule has 25 heavy (non-hydrogen) atoms. The van der Waals surface area contributed by atoms with Gasteiger partial charge in [-0.3, -0.25) is 9.69 Å². The van der Waals surface area contributed by atoms with E-state index < -0.39 is 6.36 Å². The molecule has 3 rings (SSSR count). The van der Waals surface area contributed by atoms with E-state index in [1.807, 2.05) is 4.90 Å². The van der Waals surface area contributed by atoms with Crippen molar-refractivity contribution in [1.82, 2.24) is 9.80 Å². The van der Waals surface area contributed by atoms with Crippen molar-refractivity contribution in [1.29, 1.82) is 0 Å². The molecule has 2 aliphatic rings. The second-order valence-electron chi connectivity index (χ2n) is 6.35. The van der Waals surface area contributed by atoms with E-state index in [0.29, 0.717) is 32.8 Å². The van der Waals surface area contributed by atoms with E-state index in [2.05, 4.69) is 9.64 Å². The molecule has 138 valence electrons. The number of hydrogen-bond donors (Lipinski definition) is 0. The molecule has 0 bridgehead atoms.